The second-order valence-corrected chi connectivity index (χ2v) is 8.36. The molecule has 2 atom stereocenters. The fraction of sp³-hybridized carbons (Fsp3) is 0.520. The van der Waals surface area contributed by atoms with E-state index in [1.54, 1.807) is 0 Å². The number of benzene rings is 2. The molecule has 4 rings (SSSR count). The summed E-state index contributed by atoms with van der Waals surface area (Å²) in [6.07, 6.45) is 3.65. The van der Waals surface area contributed by atoms with Crippen molar-refractivity contribution in [1.82, 2.24) is 0 Å². The first kappa shape index (κ1) is 19.6. The smallest absolute Gasteiger partial charge is 0.0704 e. The molecule has 0 N–H and O–H groups in total. The summed E-state index contributed by atoms with van der Waals surface area (Å²) in [5.74, 6) is 1.07. The quantitative estimate of drug-likeness (QED) is 0.597. The standard InChI is InChI=1S/C25H32O3/c1-18(2)25-23-10-6-5-9-21(23)17-24(25)28-14-12-26-11-13-27-22-15-19-7-3-4-8-20(19)16-22/h3-10,18,22,24-25H,11-17H2,1-2H3. The summed E-state index contributed by atoms with van der Waals surface area (Å²) in [4.78, 5) is 0. The minimum absolute atomic E-state index is 0.272. The number of hydrogen-bond acceptors (Lipinski definition) is 3. The predicted octanol–water partition coefficient (Wildman–Crippen LogP) is 4.57. The minimum Gasteiger partial charge on any atom is -0.377 e. The predicted molar refractivity (Wildman–Crippen MR) is 112 cm³/mol. The second-order valence-electron chi connectivity index (χ2n) is 8.36. The Hall–Kier alpha value is -1.68. The van der Waals surface area contributed by atoms with Crippen LogP contribution in [-0.2, 0) is 33.5 Å². The van der Waals surface area contributed by atoms with Crippen molar-refractivity contribution < 1.29 is 14.2 Å². The van der Waals surface area contributed by atoms with Crippen LogP contribution in [-0.4, -0.2) is 38.6 Å². The Morgan fingerprint density at radius 3 is 2.04 bits per heavy atom. The molecule has 3 heteroatoms. The van der Waals surface area contributed by atoms with Crippen LogP contribution in [0.2, 0.25) is 0 Å². The molecule has 150 valence electrons. The normalized spacial score (nSPS) is 21.2. The second kappa shape index (κ2) is 9.21. The Balaban J connectivity index is 1.12. The van der Waals surface area contributed by atoms with Crippen molar-refractivity contribution in [3.63, 3.8) is 0 Å². The van der Waals surface area contributed by atoms with E-state index < -0.39 is 0 Å². The number of rotatable bonds is 9. The molecular weight excluding hydrogens is 348 g/mol. The molecule has 0 fully saturated rings. The molecule has 28 heavy (non-hydrogen) atoms. The first-order valence-electron chi connectivity index (χ1n) is 10.7. The number of fused-ring (bicyclic) bond motifs is 2. The van der Waals surface area contributed by atoms with Gasteiger partial charge in [0.05, 0.1) is 38.6 Å². The fourth-order valence-corrected chi connectivity index (χ4v) is 4.81. The molecule has 0 heterocycles. The molecule has 2 aromatic carbocycles. The number of ether oxygens (including phenoxy) is 3. The van der Waals surface area contributed by atoms with Gasteiger partial charge in [-0.1, -0.05) is 62.4 Å². The maximum atomic E-state index is 6.22. The van der Waals surface area contributed by atoms with Crippen molar-refractivity contribution in [2.75, 3.05) is 26.4 Å². The van der Waals surface area contributed by atoms with Gasteiger partial charge >= 0.3 is 0 Å². The molecule has 0 saturated carbocycles. The van der Waals surface area contributed by atoms with Crippen molar-refractivity contribution in [1.29, 1.82) is 0 Å². The van der Waals surface area contributed by atoms with Crippen LogP contribution in [0.1, 0.15) is 42.0 Å². The average molecular weight is 381 g/mol. The molecule has 0 saturated heterocycles. The van der Waals surface area contributed by atoms with Gasteiger partial charge in [0.1, 0.15) is 0 Å². The third-order valence-corrected chi connectivity index (χ3v) is 6.11. The summed E-state index contributed by atoms with van der Waals surface area (Å²) in [7, 11) is 0. The third kappa shape index (κ3) is 4.48. The van der Waals surface area contributed by atoms with Gasteiger partial charge in [-0.25, -0.2) is 0 Å². The monoisotopic (exact) mass is 380 g/mol. The average Bonchev–Trinajstić information content (AvgIpc) is 3.27. The lowest BCUT2D eigenvalue weighted by atomic mass is 9.88. The molecule has 2 aliphatic carbocycles. The maximum absolute atomic E-state index is 6.22. The van der Waals surface area contributed by atoms with Crippen molar-refractivity contribution in [3.05, 3.63) is 70.8 Å². The topological polar surface area (TPSA) is 27.7 Å². The van der Waals surface area contributed by atoms with E-state index in [0.717, 1.165) is 19.3 Å². The van der Waals surface area contributed by atoms with Crippen LogP contribution in [0.15, 0.2) is 48.5 Å². The summed E-state index contributed by atoms with van der Waals surface area (Å²) in [6.45, 7) is 7.15. The van der Waals surface area contributed by atoms with Gasteiger partial charge in [-0.15, -0.1) is 0 Å². The summed E-state index contributed by atoms with van der Waals surface area (Å²) in [6, 6.07) is 17.4. The molecule has 0 aliphatic heterocycles. The lowest BCUT2D eigenvalue weighted by Gasteiger charge is -2.24. The van der Waals surface area contributed by atoms with E-state index in [1.807, 2.05) is 0 Å². The van der Waals surface area contributed by atoms with Crippen LogP contribution in [0.3, 0.4) is 0 Å². The van der Waals surface area contributed by atoms with Gasteiger partial charge in [-0.2, -0.15) is 0 Å². The molecule has 0 bridgehead atoms. The van der Waals surface area contributed by atoms with E-state index in [9.17, 15) is 0 Å². The fourth-order valence-electron chi connectivity index (χ4n) is 4.81. The third-order valence-electron chi connectivity index (χ3n) is 6.11. The highest BCUT2D eigenvalue weighted by Crippen LogP contribution is 2.39. The van der Waals surface area contributed by atoms with Gasteiger partial charge in [-0.05, 0) is 47.4 Å². The molecule has 2 unspecified atom stereocenters. The lowest BCUT2D eigenvalue weighted by Crippen LogP contribution is -2.24. The molecule has 0 amide bonds. The van der Waals surface area contributed by atoms with Gasteiger partial charge in [0.2, 0.25) is 0 Å². The number of hydrogen-bond donors (Lipinski definition) is 0. The molecule has 0 aromatic heterocycles. The van der Waals surface area contributed by atoms with Crippen molar-refractivity contribution in [2.24, 2.45) is 5.92 Å². The summed E-state index contributed by atoms with van der Waals surface area (Å²) < 4.78 is 18.0. The molecular formula is C25H32O3. The summed E-state index contributed by atoms with van der Waals surface area (Å²) in [5.41, 5.74) is 5.77. The van der Waals surface area contributed by atoms with Gasteiger partial charge in [0.15, 0.2) is 0 Å². The molecule has 3 nitrogen and oxygen atoms in total. The van der Waals surface area contributed by atoms with Crippen molar-refractivity contribution >= 4 is 0 Å². The highest BCUT2D eigenvalue weighted by atomic mass is 16.5. The van der Waals surface area contributed by atoms with Crippen LogP contribution in [0, 0.1) is 5.92 Å². The zero-order chi connectivity index (χ0) is 19.3. The van der Waals surface area contributed by atoms with E-state index >= 15 is 0 Å². The van der Waals surface area contributed by atoms with Crippen LogP contribution in [0.25, 0.3) is 0 Å². The molecule has 2 aliphatic rings. The Labute approximate surface area is 169 Å². The minimum atomic E-state index is 0.272. The Kier molecular flexibility index (Phi) is 6.46. The van der Waals surface area contributed by atoms with E-state index in [-0.39, 0.29) is 6.10 Å². The van der Waals surface area contributed by atoms with Crippen molar-refractivity contribution in [2.45, 2.75) is 51.2 Å². The van der Waals surface area contributed by atoms with Gasteiger partial charge in [0, 0.05) is 5.92 Å². The van der Waals surface area contributed by atoms with E-state index in [1.165, 1.54) is 22.3 Å². The molecule has 2 aromatic rings. The highest BCUT2D eigenvalue weighted by Gasteiger charge is 2.34. The first-order chi connectivity index (χ1) is 13.7. The zero-order valence-electron chi connectivity index (χ0n) is 17.1. The summed E-state index contributed by atoms with van der Waals surface area (Å²) in [5, 5.41) is 0. The van der Waals surface area contributed by atoms with Gasteiger partial charge in [-0.3, -0.25) is 0 Å². The van der Waals surface area contributed by atoms with Crippen molar-refractivity contribution in [3.8, 4) is 0 Å². The van der Waals surface area contributed by atoms with Gasteiger partial charge < -0.3 is 14.2 Å². The highest BCUT2D eigenvalue weighted by molar-refractivity contribution is 5.37. The first-order valence-corrected chi connectivity index (χ1v) is 10.7. The van der Waals surface area contributed by atoms with E-state index in [2.05, 4.69) is 62.4 Å². The van der Waals surface area contributed by atoms with Crippen LogP contribution in [0.4, 0.5) is 0 Å². The van der Waals surface area contributed by atoms with Crippen LogP contribution in [0.5, 0.6) is 0 Å². The Morgan fingerprint density at radius 2 is 1.36 bits per heavy atom. The Morgan fingerprint density at radius 1 is 0.750 bits per heavy atom. The molecule has 0 radical (unpaired) electrons. The van der Waals surface area contributed by atoms with Gasteiger partial charge in [0.25, 0.3) is 0 Å². The van der Waals surface area contributed by atoms with E-state index in [4.69, 9.17) is 14.2 Å². The largest absolute Gasteiger partial charge is 0.377 e. The van der Waals surface area contributed by atoms with Crippen LogP contribution >= 0.6 is 0 Å². The molecule has 0 spiro atoms. The Bertz CT molecular complexity index is 745. The summed E-state index contributed by atoms with van der Waals surface area (Å²) >= 11 is 0. The zero-order valence-corrected chi connectivity index (χ0v) is 17.1. The van der Waals surface area contributed by atoms with E-state index in [0.29, 0.717) is 44.4 Å². The maximum Gasteiger partial charge on any atom is 0.0704 e. The lowest BCUT2D eigenvalue weighted by molar-refractivity contribution is -0.0298. The van der Waals surface area contributed by atoms with Crippen LogP contribution < -0.4 is 0 Å². The SMILES string of the molecule is CC(C)C1c2ccccc2CC1OCCOCCOC1Cc2ccccc2C1.